The van der Waals surface area contributed by atoms with Gasteiger partial charge in [0.05, 0.1) is 19.3 Å². The molecule has 0 radical (unpaired) electrons. The molecule has 2 saturated heterocycles. The zero-order chi connectivity index (χ0) is 11.9. The van der Waals surface area contributed by atoms with Crippen LogP contribution in [0.15, 0.2) is 24.3 Å². The lowest BCUT2D eigenvalue weighted by molar-refractivity contribution is -0.156. The summed E-state index contributed by atoms with van der Waals surface area (Å²) in [5.41, 5.74) is 1.29. The van der Waals surface area contributed by atoms with Gasteiger partial charge in [-0.2, -0.15) is 0 Å². The van der Waals surface area contributed by atoms with Gasteiger partial charge in [-0.25, -0.2) is 0 Å². The topological polar surface area (TPSA) is 58.9 Å². The summed E-state index contributed by atoms with van der Waals surface area (Å²) in [5, 5.41) is 19.0. The highest BCUT2D eigenvalue weighted by atomic mass is 16.7. The van der Waals surface area contributed by atoms with Gasteiger partial charge in [0.1, 0.15) is 5.60 Å². The van der Waals surface area contributed by atoms with Crippen molar-refractivity contribution in [2.75, 3.05) is 6.61 Å². The minimum Gasteiger partial charge on any atom is -0.393 e. The predicted octanol–water partition coefficient (Wildman–Crippen LogP) is 0.902. The summed E-state index contributed by atoms with van der Waals surface area (Å²) >= 11 is 0. The van der Waals surface area contributed by atoms with E-state index in [1.165, 1.54) is 0 Å². The average molecular weight is 236 g/mol. The molecule has 1 aromatic carbocycles. The Morgan fingerprint density at radius 1 is 1.41 bits per heavy atom. The second-order valence-corrected chi connectivity index (χ2v) is 4.80. The van der Waals surface area contributed by atoms with E-state index in [2.05, 4.69) is 0 Å². The number of hydrogen-bond acceptors (Lipinski definition) is 4. The first-order valence-electron chi connectivity index (χ1n) is 5.90. The van der Waals surface area contributed by atoms with Crippen LogP contribution in [0.3, 0.4) is 0 Å². The molecule has 92 valence electrons. The zero-order valence-electron chi connectivity index (χ0n) is 9.50. The summed E-state index contributed by atoms with van der Waals surface area (Å²) in [6, 6.07) is 7.65. The fourth-order valence-electron chi connectivity index (χ4n) is 2.68. The summed E-state index contributed by atoms with van der Waals surface area (Å²) in [6.45, 7) is 0.486. The Bertz CT molecular complexity index is 420. The average Bonchev–Trinajstić information content (AvgIpc) is 2.66. The van der Waals surface area contributed by atoms with Crippen molar-refractivity contribution in [3.8, 4) is 0 Å². The Hall–Kier alpha value is -0.940. The highest BCUT2D eigenvalue weighted by molar-refractivity contribution is 5.29. The SMILES string of the molecule is OCc1cccc([C@]23CO[C@@H](C[C@@H](O)C2)O3)c1. The van der Waals surface area contributed by atoms with E-state index in [9.17, 15) is 5.11 Å². The standard InChI is InChI=1S/C13H16O4/c14-7-9-2-1-3-10(4-9)13-6-11(15)5-12(17-13)16-8-13/h1-4,11-12,14-15H,5-8H2/t11-,12-,13-/m1/s1. The van der Waals surface area contributed by atoms with Crippen LogP contribution in [0.1, 0.15) is 24.0 Å². The van der Waals surface area contributed by atoms with Gasteiger partial charge in [-0.3, -0.25) is 0 Å². The summed E-state index contributed by atoms with van der Waals surface area (Å²) < 4.78 is 11.4. The number of aliphatic hydroxyl groups excluding tert-OH is 2. The normalized spacial score (nSPS) is 36.1. The minimum absolute atomic E-state index is 0.0107. The maximum absolute atomic E-state index is 9.83. The fraction of sp³-hybridized carbons (Fsp3) is 0.538. The van der Waals surface area contributed by atoms with Crippen molar-refractivity contribution in [3.05, 3.63) is 35.4 Å². The van der Waals surface area contributed by atoms with Crippen molar-refractivity contribution in [2.24, 2.45) is 0 Å². The molecular formula is C13H16O4. The molecule has 0 aliphatic carbocycles. The van der Waals surface area contributed by atoms with E-state index in [0.29, 0.717) is 19.4 Å². The van der Waals surface area contributed by atoms with Crippen molar-refractivity contribution in [3.63, 3.8) is 0 Å². The van der Waals surface area contributed by atoms with Gasteiger partial charge in [0.2, 0.25) is 0 Å². The molecule has 17 heavy (non-hydrogen) atoms. The summed E-state index contributed by atoms with van der Waals surface area (Å²) in [5.74, 6) is 0. The molecule has 2 fully saturated rings. The lowest BCUT2D eigenvalue weighted by atomic mass is 9.86. The maximum Gasteiger partial charge on any atom is 0.161 e. The first-order chi connectivity index (χ1) is 8.22. The third-order valence-electron chi connectivity index (χ3n) is 3.52. The third kappa shape index (κ3) is 1.87. The summed E-state index contributed by atoms with van der Waals surface area (Å²) in [6.07, 6.45) is 0.422. The van der Waals surface area contributed by atoms with Gasteiger partial charge in [-0.05, 0) is 11.1 Å². The van der Waals surface area contributed by atoms with Crippen LogP contribution in [0.4, 0.5) is 0 Å². The Labute approximate surface area is 99.8 Å². The second kappa shape index (κ2) is 4.07. The number of ether oxygens (including phenoxy) is 2. The fourth-order valence-corrected chi connectivity index (χ4v) is 2.68. The van der Waals surface area contributed by atoms with Crippen LogP contribution < -0.4 is 0 Å². The van der Waals surface area contributed by atoms with E-state index < -0.39 is 5.60 Å². The van der Waals surface area contributed by atoms with E-state index in [0.717, 1.165) is 11.1 Å². The number of aliphatic hydroxyl groups is 2. The quantitative estimate of drug-likeness (QED) is 0.801. The van der Waals surface area contributed by atoms with Crippen molar-refractivity contribution in [1.82, 2.24) is 0 Å². The van der Waals surface area contributed by atoms with Crippen molar-refractivity contribution in [2.45, 2.75) is 37.4 Å². The lowest BCUT2D eigenvalue weighted by Gasteiger charge is -2.34. The van der Waals surface area contributed by atoms with Crippen molar-refractivity contribution < 1.29 is 19.7 Å². The molecule has 2 aliphatic rings. The highest BCUT2D eigenvalue weighted by Gasteiger charge is 2.48. The third-order valence-corrected chi connectivity index (χ3v) is 3.52. The molecule has 4 nitrogen and oxygen atoms in total. The number of benzene rings is 1. The Balaban J connectivity index is 1.96. The molecule has 1 aromatic rings. The molecule has 2 heterocycles. The van der Waals surface area contributed by atoms with Crippen LogP contribution >= 0.6 is 0 Å². The predicted molar refractivity (Wildman–Crippen MR) is 60.1 cm³/mol. The van der Waals surface area contributed by atoms with E-state index in [4.69, 9.17) is 14.6 Å². The lowest BCUT2D eigenvalue weighted by Crippen LogP contribution is -2.38. The van der Waals surface area contributed by atoms with Crippen LogP contribution in [0.25, 0.3) is 0 Å². The molecule has 0 spiro atoms. The van der Waals surface area contributed by atoms with E-state index in [1.807, 2.05) is 24.3 Å². The van der Waals surface area contributed by atoms with Gasteiger partial charge in [0.25, 0.3) is 0 Å². The van der Waals surface area contributed by atoms with Gasteiger partial charge in [0, 0.05) is 12.8 Å². The van der Waals surface area contributed by atoms with E-state index >= 15 is 0 Å². The van der Waals surface area contributed by atoms with Gasteiger partial charge in [-0.15, -0.1) is 0 Å². The smallest absolute Gasteiger partial charge is 0.161 e. The van der Waals surface area contributed by atoms with Crippen molar-refractivity contribution in [1.29, 1.82) is 0 Å². The summed E-state index contributed by atoms with van der Waals surface area (Å²) in [4.78, 5) is 0. The Morgan fingerprint density at radius 2 is 2.29 bits per heavy atom. The molecule has 3 rings (SSSR count). The monoisotopic (exact) mass is 236 g/mol. The first kappa shape index (κ1) is 11.2. The summed E-state index contributed by atoms with van der Waals surface area (Å²) in [7, 11) is 0. The molecule has 2 aliphatic heterocycles. The number of hydrogen-bond donors (Lipinski definition) is 2. The first-order valence-corrected chi connectivity index (χ1v) is 5.90. The van der Waals surface area contributed by atoms with Gasteiger partial charge in [-0.1, -0.05) is 24.3 Å². The Kier molecular flexibility index (Phi) is 2.67. The van der Waals surface area contributed by atoms with Gasteiger partial charge in [0.15, 0.2) is 6.29 Å². The number of rotatable bonds is 2. The van der Waals surface area contributed by atoms with Crippen LogP contribution in [0.5, 0.6) is 0 Å². The van der Waals surface area contributed by atoms with Gasteiger partial charge < -0.3 is 19.7 Å². The van der Waals surface area contributed by atoms with E-state index in [-0.39, 0.29) is 19.0 Å². The molecule has 2 bridgehead atoms. The second-order valence-electron chi connectivity index (χ2n) is 4.80. The van der Waals surface area contributed by atoms with Crippen LogP contribution in [-0.2, 0) is 21.7 Å². The van der Waals surface area contributed by atoms with Gasteiger partial charge >= 0.3 is 0 Å². The number of fused-ring (bicyclic) bond motifs is 2. The maximum atomic E-state index is 9.83. The largest absolute Gasteiger partial charge is 0.393 e. The molecule has 3 atom stereocenters. The molecule has 2 N–H and O–H groups in total. The minimum atomic E-state index is -0.534. The van der Waals surface area contributed by atoms with Crippen LogP contribution in [-0.4, -0.2) is 29.2 Å². The highest BCUT2D eigenvalue weighted by Crippen LogP contribution is 2.43. The van der Waals surface area contributed by atoms with Crippen LogP contribution in [0.2, 0.25) is 0 Å². The molecule has 0 saturated carbocycles. The molecule has 0 amide bonds. The zero-order valence-corrected chi connectivity index (χ0v) is 9.50. The van der Waals surface area contributed by atoms with E-state index in [1.54, 1.807) is 0 Å². The molecule has 0 aromatic heterocycles. The molecule has 0 unspecified atom stereocenters. The van der Waals surface area contributed by atoms with Crippen LogP contribution in [0, 0.1) is 0 Å². The molecule has 4 heteroatoms. The Morgan fingerprint density at radius 3 is 3.12 bits per heavy atom. The molecular weight excluding hydrogens is 220 g/mol. The van der Waals surface area contributed by atoms with Crippen molar-refractivity contribution >= 4 is 0 Å².